The lowest BCUT2D eigenvalue weighted by Crippen LogP contribution is -2.38. The highest BCUT2D eigenvalue weighted by Gasteiger charge is 2.36. The SMILES string of the molecule is O=c1[nH]c(=O)n([C@@H]2C=C(CO)[C@@H](O)[C@H]2O)cc1F. The molecule has 0 spiro atoms. The number of H-pyrrole nitrogens is 1. The molecule has 0 unspecified atom stereocenters. The van der Waals surface area contributed by atoms with Crippen LogP contribution in [-0.4, -0.2) is 43.7 Å². The fraction of sp³-hybridized carbons (Fsp3) is 0.400. The van der Waals surface area contributed by atoms with Crippen molar-refractivity contribution in [1.82, 2.24) is 9.55 Å². The Morgan fingerprint density at radius 2 is 2.06 bits per heavy atom. The van der Waals surface area contributed by atoms with Crippen molar-refractivity contribution in [3.63, 3.8) is 0 Å². The zero-order valence-electron chi connectivity index (χ0n) is 9.08. The van der Waals surface area contributed by atoms with E-state index in [9.17, 15) is 24.2 Å². The van der Waals surface area contributed by atoms with Crippen molar-refractivity contribution in [3.8, 4) is 0 Å². The summed E-state index contributed by atoms with van der Waals surface area (Å²) in [7, 11) is 0. The average Bonchev–Trinajstić information content (AvgIpc) is 2.61. The summed E-state index contributed by atoms with van der Waals surface area (Å²) in [5.74, 6) is -1.18. The van der Waals surface area contributed by atoms with Gasteiger partial charge in [-0.2, -0.15) is 4.39 Å². The second-order valence-corrected chi connectivity index (χ2v) is 3.97. The van der Waals surface area contributed by atoms with Gasteiger partial charge >= 0.3 is 5.69 Å². The molecule has 0 saturated carbocycles. The van der Waals surface area contributed by atoms with E-state index in [0.29, 0.717) is 6.20 Å². The normalized spacial score (nSPS) is 27.3. The molecule has 4 N–H and O–H groups in total. The molecule has 0 bridgehead atoms. The molecule has 1 heterocycles. The molecule has 1 aromatic rings. The van der Waals surface area contributed by atoms with Gasteiger partial charge in [0, 0.05) is 0 Å². The molecule has 0 radical (unpaired) electrons. The van der Waals surface area contributed by atoms with Gasteiger partial charge in [-0.1, -0.05) is 6.08 Å². The third-order valence-corrected chi connectivity index (χ3v) is 2.87. The number of hydrogen-bond donors (Lipinski definition) is 4. The first-order valence-electron chi connectivity index (χ1n) is 5.14. The molecule has 3 atom stereocenters. The molecule has 8 heteroatoms. The van der Waals surface area contributed by atoms with E-state index in [2.05, 4.69) is 0 Å². The van der Waals surface area contributed by atoms with Crippen LogP contribution in [0.3, 0.4) is 0 Å². The maximum atomic E-state index is 13.1. The third-order valence-electron chi connectivity index (χ3n) is 2.87. The summed E-state index contributed by atoms with van der Waals surface area (Å²) in [5, 5.41) is 28.2. The van der Waals surface area contributed by atoms with Gasteiger partial charge in [-0.25, -0.2) is 4.79 Å². The minimum absolute atomic E-state index is 0.131. The lowest BCUT2D eigenvalue weighted by atomic mass is 10.1. The fourth-order valence-electron chi connectivity index (χ4n) is 1.90. The van der Waals surface area contributed by atoms with Crippen LogP contribution in [0.1, 0.15) is 6.04 Å². The predicted octanol–water partition coefficient (Wildman–Crippen LogP) is -2.13. The van der Waals surface area contributed by atoms with E-state index >= 15 is 0 Å². The number of hydrogen-bond acceptors (Lipinski definition) is 5. The number of nitrogens with zero attached hydrogens (tertiary/aromatic N) is 1. The molecule has 98 valence electrons. The van der Waals surface area contributed by atoms with Gasteiger partial charge in [-0.15, -0.1) is 0 Å². The topological polar surface area (TPSA) is 116 Å². The number of aromatic amines is 1. The number of rotatable bonds is 2. The van der Waals surface area contributed by atoms with E-state index in [1.807, 2.05) is 0 Å². The van der Waals surface area contributed by atoms with Crippen LogP contribution in [-0.2, 0) is 0 Å². The molecular weight excluding hydrogens is 247 g/mol. The molecule has 1 aromatic heterocycles. The number of halogens is 1. The lowest BCUT2D eigenvalue weighted by molar-refractivity contribution is 0.0269. The summed E-state index contributed by atoms with van der Waals surface area (Å²) in [6, 6.07) is -1.04. The van der Waals surface area contributed by atoms with Crippen molar-refractivity contribution in [3.05, 3.63) is 44.5 Å². The monoisotopic (exact) mass is 258 g/mol. The van der Waals surface area contributed by atoms with Crippen LogP contribution in [0, 0.1) is 5.82 Å². The van der Waals surface area contributed by atoms with Crippen molar-refractivity contribution in [2.24, 2.45) is 0 Å². The molecule has 1 aliphatic rings. The summed E-state index contributed by atoms with van der Waals surface area (Å²) in [5.41, 5.74) is -1.94. The van der Waals surface area contributed by atoms with Gasteiger partial charge in [0.05, 0.1) is 18.8 Å². The van der Waals surface area contributed by atoms with E-state index in [0.717, 1.165) is 4.57 Å². The second kappa shape index (κ2) is 4.48. The number of aliphatic hydroxyl groups is 3. The predicted molar refractivity (Wildman–Crippen MR) is 57.5 cm³/mol. The van der Waals surface area contributed by atoms with Gasteiger partial charge in [0.25, 0.3) is 5.56 Å². The van der Waals surface area contributed by atoms with E-state index in [4.69, 9.17) is 5.11 Å². The molecule has 0 saturated heterocycles. The average molecular weight is 258 g/mol. The molecule has 2 rings (SSSR count). The summed E-state index contributed by atoms with van der Waals surface area (Å²) >= 11 is 0. The van der Waals surface area contributed by atoms with Crippen molar-refractivity contribution in [1.29, 1.82) is 0 Å². The minimum atomic E-state index is -1.39. The smallest absolute Gasteiger partial charge is 0.329 e. The Bertz CT molecular complexity index is 605. The highest BCUT2D eigenvalue weighted by molar-refractivity contribution is 5.23. The first kappa shape index (κ1) is 12.7. The van der Waals surface area contributed by atoms with E-state index in [1.54, 1.807) is 4.98 Å². The van der Waals surface area contributed by atoms with Gasteiger partial charge in [0.1, 0.15) is 12.2 Å². The zero-order valence-corrected chi connectivity index (χ0v) is 9.08. The molecule has 18 heavy (non-hydrogen) atoms. The van der Waals surface area contributed by atoms with Gasteiger partial charge in [-0.05, 0) is 5.57 Å². The maximum absolute atomic E-state index is 13.1. The van der Waals surface area contributed by atoms with Crippen LogP contribution in [0.2, 0.25) is 0 Å². The van der Waals surface area contributed by atoms with Crippen molar-refractivity contribution in [2.75, 3.05) is 6.61 Å². The van der Waals surface area contributed by atoms with Crippen LogP contribution in [0.15, 0.2) is 27.4 Å². The number of aliphatic hydroxyl groups excluding tert-OH is 3. The highest BCUT2D eigenvalue weighted by atomic mass is 19.1. The minimum Gasteiger partial charge on any atom is -0.392 e. The van der Waals surface area contributed by atoms with Gasteiger partial charge in [0.15, 0.2) is 0 Å². The van der Waals surface area contributed by atoms with Crippen LogP contribution in [0.25, 0.3) is 0 Å². The van der Waals surface area contributed by atoms with Crippen molar-refractivity contribution < 1.29 is 19.7 Å². The molecule has 0 aliphatic heterocycles. The fourth-order valence-corrected chi connectivity index (χ4v) is 1.90. The first-order valence-corrected chi connectivity index (χ1v) is 5.14. The number of aromatic nitrogens is 2. The molecule has 0 fully saturated rings. The first-order chi connectivity index (χ1) is 8.45. The summed E-state index contributed by atoms with van der Waals surface area (Å²) in [4.78, 5) is 24.1. The Labute approximate surface area is 99.4 Å². The third kappa shape index (κ3) is 1.90. The van der Waals surface area contributed by atoms with Crippen molar-refractivity contribution >= 4 is 0 Å². The molecular formula is C10H11FN2O5. The summed E-state index contributed by atoms with van der Waals surface area (Å²) in [6.45, 7) is -0.491. The van der Waals surface area contributed by atoms with Crippen molar-refractivity contribution in [2.45, 2.75) is 18.2 Å². The summed E-state index contributed by atoms with van der Waals surface area (Å²) in [6.07, 6.45) is -0.815. The Balaban J connectivity index is 2.51. The van der Waals surface area contributed by atoms with Gasteiger partial charge < -0.3 is 15.3 Å². The second-order valence-electron chi connectivity index (χ2n) is 3.97. The van der Waals surface area contributed by atoms with E-state index in [1.165, 1.54) is 6.08 Å². The van der Waals surface area contributed by atoms with Crippen LogP contribution < -0.4 is 11.2 Å². The van der Waals surface area contributed by atoms with Crippen LogP contribution in [0.4, 0.5) is 4.39 Å². The van der Waals surface area contributed by atoms with Crippen LogP contribution in [0.5, 0.6) is 0 Å². The maximum Gasteiger partial charge on any atom is 0.329 e. The Morgan fingerprint density at radius 3 is 2.61 bits per heavy atom. The summed E-state index contributed by atoms with van der Waals surface area (Å²) < 4.78 is 13.9. The van der Waals surface area contributed by atoms with Gasteiger partial charge in [-0.3, -0.25) is 14.3 Å². The quantitative estimate of drug-likeness (QED) is 0.452. The zero-order chi connectivity index (χ0) is 13.4. The Kier molecular flexibility index (Phi) is 3.16. The number of nitrogens with one attached hydrogen (secondary N) is 1. The largest absolute Gasteiger partial charge is 0.392 e. The molecule has 0 aromatic carbocycles. The molecule has 1 aliphatic carbocycles. The standard InChI is InChI=1S/C10H11FN2O5/c11-5-2-13(10(18)12-9(5)17)6-1-4(3-14)7(15)8(6)16/h1-2,6-8,14-16H,3H2,(H,12,17,18)/t6-,7-,8+/m1/s1. The molecule has 0 amide bonds. The molecule has 7 nitrogen and oxygen atoms in total. The highest BCUT2D eigenvalue weighted by Crippen LogP contribution is 2.27. The Hall–Kier alpha value is -1.77. The Morgan fingerprint density at radius 1 is 1.39 bits per heavy atom. The van der Waals surface area contributed by atoms with E-state index < -0.39 is 41.9 Å². The lowest BCUT2D eigenvalue weighted by Gasteiger charge is -2.18. The van der Waals surface area contributed by atoms with Crippen LogP contribution >= 0.6 is 0 Å². The van der Waals surface area contributed by atoms with Gasteiger partial charge in [0.2, 0.25) is 5.82 Å². The van der Waals surface area contributed by atoms with E-state index in [-0.39, 0.29) is 5.57 Å².